The zero-order valence-electron chi connectivity index (χ0n) is 16.8. The van der Waals surface area contributed by atoms with E-state index in [4.69, 9.17) is 4.74 Å². The fourth-order valence-electron chi connectivity index (χ4n) is 3.87. The van der Waals surface area contributed by atoms with Gasteiger partial charge in [0.15, 0.2) is 5.78 Å². The van der Waals surface area contributed by atoms with Gasteiger partial charge < -0.3 is 10.1 Å². The molecule has 1 fully saturated rings. The summed E-state index contributed by atoms with van der Waals surface area (Å²) in [7, 11) is 0. The minimum absolute atomic E-state index is 0.0806. The number of para-hydroxylation sites is 1. The Morgan fingerprint density at radius 3 is 2.50 bits per heavy atom. The van der Waals surface area contributed by atoms with E-state index in [1.165, 1.54) is 6.92 Å². The third-order valence-corrected chi connectivity index (χ3v) is 5.44. The van der Waals surface area contributed by atoms with Crippen LogP contribution in [0.25, 0.3) is 10.8 Å². The van der Waals surface area contributed by atoms with E-state index in [1.54, 1.807) is 31.2 Å². The summed E-state index contributed by atoms with van der Waals surface area (Å²) >= 11 is 0. The molecule has 0 radical (unpaired) electrons. The average Bonchev–Trinajstić information content (AvgIpc) is 2.97. The van der Waals surface area contributed by atoms with Gasteiger partial charge in [-0.25, -0.2) is 4.79 Å². The number of Topliss-reactive ketones (excluding diaryl/α,β-unsaturated/α-hetero) is 1. The van der Waals surface area contributed by atoms with Crippen LogP contribution in [-0.4, -0.2) is 35.8 Å². The lowest BCUT2D eigenvalue weighted by molar-refractivity contribution is -0.131. The van der Waals surface area contributed by atoms with Crippen molar-refractivity contribution in [1.82, 2.24) is 10.2 Å². The molecule has 0 aliphatic carbocycles. The summed E-state index contributed by atoms with van der Waals surface area (Å²) in [5.74, 6) is 0.00491. The fraction of sp³-hybridized carbons (Fsp3) is 0.208. The molecule has 3 amide bonds. The largest absolute Gasteiger partial charge is 0.491 e. The fourth-order valence-corrected chi connectivity index (χ4v) is 3.87. The van der Waals surface area contributed by atoms with Gasteiger partial charge in [0.05, 0.1) is 12.1 Å². The molecule has 1 aliphatic rings. The summed E-state index contributed by atoms with van der Waals surface area (Å²) in [6, 6.07) is 19.9. The number of ketones is 1. The Hall–Kier alpha value is -3.67. The third-order valence-electron chi connectivity index (χ3n) is 5.44. The van der Waals surface area contributed by atoms with E-state index < -0.39 is 11.6 Å². The number of urea groups is 1. The van der Waals surface area contributed by atoms with Crippen LogP contribution in [0.3, 0.4) is 0 Å². The van der Waals surface area contributed by atoms with Crippen LogP contribution in [0.15, 0.2) is 66.7 Å². The van der Waals surface area contributed by atoms with Crippen LogP contribution < -0.4 is 10.1 Å². The molecule has 1 atom stereocenters. The predicted molar refractivity (Wildman–Crippen MR) is 113 cm³/mol. The molecule has 1 heterocycles. The lowest BCUT2D eigenvalue weighted by Crippen LogP contribution is -2.41. The third kappa shape index (κ3) is 3.30. The molecule has 30 heavy (non-hydrogen) atoms. The smallest absolute Gasteiger partial charge is 0.325 e. The summed E-state index contributed by atoms with van der Waals surface area (Å²) in [5, 5.41) is 4.77. The van der Waals surface area contributed by atoms with Gasteiger partial charge in [0.25, 0.3) is 5.91 Å². The Balaban J connectivity index is 1.54. The summed E-state index contributed by atoms with van der Waals surface area (Å²) in [4.78, 5) is 38.7. The van der Waals surface area contributed by atoms with Crippen molar-refractivity contribution in [3.05, 3.63) is 77.9 Å². The van der Waals surface area contributed by atoms with E-state index in [0.717, 1.165) is 21.2 Å². The number of hydrogen-bond acceptors (Lipinski definition) is 4. The maximum atomic E-state index is 13.2. The molecule has 1 aliphatic heterocycles. The highest BCUT2D eigenvalue weighted by atomic mass is 16.5. The minimum atomic E-state index is -1.16. The SMILES string of the molecule is CC(=O)c1ccccc1OCCN1C(=O)NC(C)(c2cccc3ccccc23)C1=O. The van der Waals surface area contributed by atoms with Gasteiger partial charge in [0.2, 0.25) is 0 Å². The Morgan fingerprint density at radius 2 is 1.70 bits per heavy atom. The molecule has 4 rings (SSSR count). The van der Waals surface area contributed by atoms with Crippen molar-refractivity contribution in [3.8, 4) is 5.75 Å². The van der Waals surface area contributed by atoms with Crippen LogP contribution >= 0.6 is 0 Å². The number of imide groups is 1. The van der Waals surface area contributed by atoms with E-state index in [0.29, 0.717) is 11.3 Å². The maximum Gasteiger partial charge on any atom is 0.325 e. The molecule has 0 spiro atoms. The van der Waals surface area contributed by atoms with Gasteiger partial charge in [0.1, 0.15) is 17.9 Å². The summed E-state index contributed by atoms with van der Waals surface area (Å²) in [6.45, 7) is 3.36. The number of nitrogens with zero attached hydrogens (tertiary/aromatic N) is 1. The molecule has 0 bridgehead atoms. The van der Waals surface area contributed by atoms with Gasteiger partial charge in [-0.1, -0.05) is 54.6 Å². The standard InChI is InChI=1S/C24H22N2O4/c1-16(27)18-10-5-6-13-21(18)30-15-14-26-22(28)24(2,25-23(26)29)20-12-7-9-17-8-3-4-11-19(17)20/h3-13H,14-15H2,1-2H3,(H,25,29). The summed E-state index contributed by atoms with van der Waals surface area (Å²) < 4.78 is 5.71. The Morgan fingerprint density at radius 1 is 1.00 bits per heavy atom. The van der Waals surface area contributed by atoms with Crippen molar-refractivity contribution >= 4 is 28.5 Å². The molecule has 1 saturated heterocycles. The molecule has 152 valence electrons. The van der Waals surface area contributed by atoms with Gasteiger partial charge in [-0.3, -0.25) is 14.5 Å². The van der Waals surface area contributed by atoms with Gasteiger partial charge in [-0.2, -0.15) is 0 Å². The monoisotopic (exact) mass is 402 g/mol. The van der Waals surface area contributed by atoms with Crippen molar-refractivity contribution < 1.29 is 19.1 Å². The van der Waals surface area contributed by atoms with Gasteiger partial charge in [-0.05, 0) is 42.3 Å². The highest BCUT2D eigenvalue weighted by Gasteiger charge is 2.49. The first kappa shape index (κ1) is 19.6. The van der Waals surface area contributed by atoms with Gasteiger partial charge >= 0.3 is 6.03 Å². The lowest BCUT2D eigenvalue weighted by atomic mass is 9.88. The van der Waals surface area contributed by atoms with Crippen LogP contribution in [0.5, 0.6) is 5.75 Å². The number of hydrogen-bond donors (Lipinski definition) is 1. The number of fused-ring (bicyclic) bond motifs is 1. The zero-order chi connectivity index (χ0) is 21.3. The molecule has 0 saturated carbocycles. The van der Waals surface area contributed by atoms with Crippen molar-refractivity contribution in [2.24, 2.45) is 0 Å². The number of rotatable bonds is 6. The van der Waals surface area contributed by atoms with Gasteiger partial charge in [0, 0.05) is 0 Å². The van der Waals surface area contributed by atoms with Crippen LogP contribution in [0, 0.1) is 0 Å². The maximum absolute atomic E-state index is 13.2. The molecule has 1 unspecified atom stereocenters. The topological polar surface area (TPSA) is 75.7 Å². The molecule has 6 nitrogen and oxygen atoms in total. The first-order chi connectivity index (χ1) is 14.4. The van der Waals surface area contributed by atoms with Crippen LogP contribution in [0.4, 0.5) is 4.79 Å². The second kappa shape index (κ2) is 7.63. The normalized spacial score (nSPS) is 18.5. The minimum Gasteiger partial charge on any atom is -0.491 e. The number of amides is 3. The second-order valence-electron chi connectivity index (χ2n) is 7.44. The van der Waals surface area contributed by atoms with Crippen molar-refractivity contribution in [2.45, 2.75) is 19.4 Å². The Bertz CT molecular complexity index is 1150. The molecule has 3 aromatic carbocycles. The van der Waals surface area contributed by atoms with Crippen LogP contribution in [-0.2, 0) is 10.3 Å². The Labute approximate surface area is 174 Å². The Kier molecular flexibility index (Phi) is 4.99. The van der Waals surface area contributed by atoms with Gasteiger partial charge in [-0.15, -0.1) is 0 Å². The molecule has 6 heteroatoms. The van der Waals surface area contributed by atoms with Crippen molar-refractivity contribution in [1.29, 1.82) is 0 Å². The summed E-state index contributed by atoms with van der Waals surface area (Å²) in [5.41, 5.74) is 0.0643. The zero-order valence-corrected chi connectivity index (χ0v) is 16.8. The van der Waals surface area contributed by atoms with E-state index in [2.05, 4.69) is 5.32 Å². The number of ether oxygens (including phenoxy) is 1. The summed E-state index contributed by atoms with van der Waals surface area (Å²) in [6.07, 6.45) is 0. The number of benzene rings is 3. The molecule has 1 N–H and O–H groups in total. The van der Waals surface area contributed by atoms with Crippen molar-refractivity contribution in [2.75, 3.05) is 13.2 Å². The molecular formula is C24H22N2O4. The highest BCUT2D eigenvalue weighted by molar-refractivity contribution is 6.09. The first-order valence-corrected chi connectivity index (χ1v) is 9.77. The number of nitrogens with one attached hydrogen (secondary N) is 1. The van der Waals surface area contributed by atoms with E-state index >= 15 is 0 Å². The van der Waals surface area contributed by atoms with E-state index in [9.17, 15) is 14.4 Å². The number of carbonyl (C=O) groups is 3. The van der Waals surface area contributed by atoms with E-state index in [1.807, 2.05) is 42.5 Å². The second-order valence-corrected chi connectivity index (χ2v) is 7.44. The van der Waals surface area contributed by atoms with Crippen molar-refractivity contribution in [3.63, 3.8) is 0 Å². The molecular weight excluding hydrogens is 380 g/mol. The average molecular weight is 402 g/mol. The van der Waals surface area contributed by atoms with Crippen LogP contribution in [0.1, 0.15) is 29.8 Å². The molecule has 0 aromatic heterocycles. The highest BCUT2D eigenvalue weighted by Crippen LogP contribution is 2.33. The number of carbonyl (C=O) groups excluding carboxylic acids is 3. The first-order valence-electron chi connectivity index (χ1n) is 9.77. The quantitative estimate of drug-likeness (QED) is 0.501. The predicted octanol–water partition coefficient (Wildman–Crippen LogP) is 3.89. The lowest BCUT2D eigenvalue weighted by Gasteiger charge is -2.24. The van der Waals surface area contributed by atoms with E-state index in [-0.39, 0.29) is 24.8 Å². The van der Waals surface area contributed by atoms with Crippen LogP contribution in [0.2, 0.25) is 0 Å². The molecule has 3 aromatic rings.